The van der Waals surface area contributed by atoms with Crippen molar-refractivity contribution in [2.24, 2.45) is 5.10 Å². The molecular weight excluding hydrogens is 228 g/mol. The molecule has 0 aliphatic carbocycles. The van der Waals surface area contributed by atoms with Gasteiger partial charge in [0.1, 0.15) is 5.75 Å². The van der Waals surface area contributed by atoms with E-state index >= 15 is 0 Å². The Bertz CT molecular complexity index is 363. The Hall–Kier alpha value is -1.55. The summed E-state index contributed by atoms with van der Waals surface area (Å²) in [5.41, 5.74) is 2.34. The van der Waals surface area contributed by atoms with E-state index in [9.17, 15) is 4.79 Å². The zero-order chi connectivity index (χ0) is 11.8. The number of nitrogens with zero attached hydrogens (tertiary/aromatic N) is 1. The largest absolute Gasteiger partial charge is 0.484 e. The van der Waals surface area contributed by atoms with Crippen molar-refractivity contribution in [3.8, 4) is 5.75 Å². The molecule has 0 radical (unpaired) electrons. The molecule has 0 atom stereocenters. The van der Waals surface area contributed by atoms with E-state index in [2.05, 4.69) is 10.5 Å². The molecule has 16 heavy (non-hydrogen) atoms. The molecule has 1 amide bonds. The van der Waals surface area contributed by atoms with E-state index in [1.54, 1.807) is 30.5 Å². The number of hydrazone groups is 1. The average Bonchev–Trinajstić information content (AvgIpc) is 2.29. The highest BCUT2D eigenvalue weighted by Gasteiger charge is 2.00. The second-order valence-corrected chi connectivity index (χ2v) is 3.43. The van der Waals surface area contributed by atoms with E-state index in [1.807, 2.05) is 6.92 Å². The molecular formula is C11H13ClN2O2. The molecule has 0 heterocycles. The minimum atomic E-state index is -0.292. The first-order valence-electron chi connectivity index (χ1n) is 4.91. The van der Waals surface area contributed by atoms with Gasteiger partial charge in [-0.2, -0.15) is 5.10 Å². The monoisotopic (exact) mass is 240 g/mol. The molecule has 0 saturated carbocycles. The number of benzene rings is 1. The van der Waals surface area contributed by atoms with Gasteiger partial charge in [-0.15, -0.1) is 0 Å². The van der Waals surface area contributed by atoms with Crippen LogP contribution in [0.4, 0.5) is 0 Å². The molecule has 5 heteroatoms. The summed E-state index contributed by atoms with van der Waals surface area (Å²) in [5.74, 6) is 0.304. The smallest absolute Gasteiger partial charge is 0.277 e. The van der Waals surface area contributed by atoms with Crippen molar-refractivity contribution in [2.45, 2.75) is 13.3 Å². The van der Waals surface area contributed by atoms with Crippen molar-refractivity contribution < 1.29 is 9.53 Å². The van der Waals surface area contributed by atoms with E-state index in [4.69, 9.17) is 16.3 Å². The van der Waals surface area contributed by atoms with Crippen molar-refractivity contribution in [3.05, 3.63) is 29.3 Å². The Labute approximate surface area is 99.2 Å². The van der Waals surface area contributed by atoms with Gasteiger partial charge in [-0.3, -0.25) is 4.79 Å². The van der Waals surface area contributed by atoms with Crippen LogP contribution in [0.15, 0.2) is 29.4 Å². The maximum Gasteiger partial charge on any atom is 0.277 e. The van der Waals surface area contributed by atoms with Crippen LogP contribution in [0.1, 0.15) is 13.3 Å². The third kappa shape index (κ3) is 4.79. The highest BCUT2D eigenvalue weighted by atomic mass is 35.5. The molecule has 0 saturated heterocycles. The Balaban J connectivity index is 2.31. The normalized spacial score (nSPS) is 10.4. The Morgan fingerprint density at radius 1 is 1.50 bits per heavy atom. The summed E-state index contributed by atoms with van der Waals surface area (Å²) in [4.78, 5) is 11.2. The molecule has 0 bridgehead atoms. The number of nitrogens with one attached hydrogen (secondary N) is 1. The van der Waals surface area contributed by atoms with Gasteiger partial charge in [-0.05, 0) is 30.7 Å². The number of carbonyl (C=O) groups excluding carboxylic acids is 1. The van der Waals surface area contributed by atoms with Crippen LogP contribution in [0.3, 0.4) is 0 Å². The van der Waals surface area contributed by atoms with Crippen molar-refractivity contribution in [1.29, 1.82) is 0 Å². The number of halogens is 1. The van der Waals surface area contributed by atoms with Gasteiger partial charge in [-0.25, -0.2) is 5.43 Å². The van der Waals surface area contributed by atoms with Gasteiger partial charge in [0, 0.05) is 11.2 Å². The van der Waals surface area contributed by atoms with E-state index in [0.29, 0.717) is 10.8 Å². The Morgan fingerprint density at radius 3 is 2.81 bits per heavy atom. The SMILES string of the molecule is CC/C=N\NC(=O)COc1ccc(Cl)cc1. The second-order valence-electron chi connectivity index (χ2n) is 3.00. The lowest BCUT2D eigenvalue weighted by atomic mass is 10.3. The summed E-state index contributed by atoms with van der Waals surface area (Å²) < 4.78 is 5.21. The summed E-state index contributed by atoms with van der Waals surface area (Å²) in [7, 11) is 0. The van der Waals surface area contributed by atoms with E-state index in [-0.39, 0.29) is 12.5 Å². The lowest BCUT2D eigenvalue weighted by molar-refractivity contribution is -0.123. The Kier molecular flexibility index (Phi) is 5.36. The molecule has 0 fully saturated rings. The van der Waals surface area contributed by atoms with E-state index in [1.165, 1.54) is 0 Å². The van der Waals surface area contributed by atoms with Crippen LogP contribution in [-0.4, -0.2) is 18.7 Å². The first-order valence-corrected chi connectivity index (χ1v) is 5.29. The molecule has 86 valence electrons. The van der Waals surface area contributed by atoms with Crippen LogP contribution in [0.5, 0.6) is 5.75 Å². The van der Waals surface area contributed by atoms with Crippen LogP contribution >= 0.6 is 11.6 Å². The van der Waals surface area contributed by atoms with Gasteiger partial charge in [0.15, 0.2) is 6.61 Å². The summed E-state index contributed by atoms with van der Waals surface area (Å²) >= 11 is 5.70. The summed E-state index contributed by atoms with van der Waals surface area (Å²) in [6, 6.07) is 6.80. The standard InChI is InChI=1S/C11H13ClN2O2/c1-2-7-13-14-11(15)8-16-10-5-3-9(12)4-6-10/h3-7H,2,8H2,1H3,(H,14,15)/b13-7-. The molecule has 1 aromatic carbocycles. The van der Waals surface area contributed by atoms with Crippen LogP contribution in [0.25, 0.3) is 0 Å². The summed E-state index contributed by atoms with van der Waals surface area (Å²) in [5, 5.41) is 4.32. The third-order valence-electron chi connectivity index (χ3n) is 1.65. The number of ether oxygens (including phenoxy) is 1. The first-order chi connectivity index (χ1) is 7.72. The molecule has 0 aromatic heterocycles. The highest BCUT2D eigenvalue weighted by Crippen LogP contribution is 2.15. The number of hydrogen-bond donors (Lipinski definition) is 1. The molecule has 4 nitrogen and oxygen atoms in total. The highest BCUT2D eigenvalue weighted by molar-refractivity contribution is 6.30. The second kappa shape index (κ2) is 6.85. The van der Waals surface area contributed by atoms with Crippen molar-refractivity contribution in [1.82, 2.24) is 5.43 Å². The summed E-state index contributed by atoms with van der Waals surface area (Å²) in [6.45, 7) is 1.86. The fraction of sp³-hybridized carbons (Fsp3) is 0.273. The number of carbonyl (C=O) groups is 1. The first kappa shape index (κ1) is 12.5. The van der Waals surface area contributed by atoms with Gasteiger partial charge in [0.25, 0.3) is 5.91 Å². The Morgan fingerprint density at radius 2 is 2.19 bits per heavy atom. The quantitative estimate of drug-likeness (QED) is 0.634. The van der Waals surface area contributed by atoms with Crippen LogP contribution in [0, 0.1) is 0 Å². The molecule has 1 N–H and O–H groups in total. The number of hydrogen-bond acceptors (Lipinski definition) is 3. The van der Waals surface area contributed by atoms with Crippen molar-refractivity contribution >= 4 is 23.7 Å². The topological polar surface area (TPSA) is 50.7 Å². The van der Waals surface area contributed by atoms with Gasteiger partial charge >= 0.3 is 0 Å². The minimum Gasteiger partial charge on any atom is -0.484 e. The predicted octanol–water partition coefficient (Wildman–Crippen LogP) is 2.23. The minimum absolute atomic E-state index is 0.0668. The number of amides is 1. The van der Waals surface area contributed by atoms with Gasteiger partial charge < -0.3 is 4.74 Å². The van der Waals surface area contributed by atoms with E-state index < -0.39 is 0 Å². The van der Waals surface area contributed by atoms with Crippen LogP contribution < -0.4 is 10.2 Å². The van der Waals surface area contributed by atoms with Crippen molar-refractivity contribution in [3.63, 3.8) is 0 Å². The average molecular weight is 241 g/mol. The molecule has 1 rings (SSSR count). The van der Waals surface area contributed by atoms with E-state index in [0.717, 1.165) is 6.42 Å². The number of rotatable bonds is 5. The fourth-order valence-corrected chi connectivity index (χ4v) is 1.05. The molecule has 0 aliphatic heterocycles. The van der Waals surface area contributed by atoms with Gasteiger partial charge in [-0.1, -0.05) is 18.5 Å². The molecule has 0 unspecified atom stereocenters. The van der Waals surface area contributed by atoms with Crippen molar-refractivity contribution in [2.75, 3.05) is 6.61 Å². The fourth-order valence-electron chi connectivity index (χ4n) is 0.921. The molecule has 0 spiro atoms. The van der Waals surface area contributed by atoms with Crippen LogP contribution in [-0.2, 0) is 4.79 Å². The lowest BCUT2D eigenvalue weighted by Crippen LogP contribution is -2.24. The zero-order valence-electron chi connectivity index (χ0n) is 8.94. The molecule has 1 aromatic rings. The molecule has 0 aliphatic rings. The summed E-state index contributed by atoms with van der Waals surface area (Å²) in [6.07, 6.45) is 2.39. The zero-order valence-corrected chi connectivity index (χ0v) is 9.70. The predicted molar refractivity (Wildman–Crippen MR) is 63.9 cm³/mol. The maximum absolute atomic E-state index is 11.2. The lowest BCUT2D eigenvalue weighted by Gasteiger charge is -2.04. The van der Waals surface area contributed by atoms with Gasteiger partial charge in [0.05, 0.1) is 0 Å². The maximum atomic E-state index is 11.2. The van der Waals surface area contributed by atoms with Crippen LogP contribution in [0.2, 0.25) is 5.02 Å². The third-order valence-corrected chi connectivity index (χ3v) is 1.90. The van der Waals surface area contributed by atoms with Gasteiger partial charge in [0.2, 0.25) is 0 Å².